The van der Waals surface area contributed by atoms with Crippen LogP contribution in [0.5, 0.6) is 0 Å². The predicted molar refractivity (Wildman–Crippen MR) is 94.6 cm³/mol. The number of anilines is 1. The lowest BCUT2D eigenvalue weighted by molar-refractivity contribution is -0.122. The van der Waals surface area contributed by atoms with Gasteiger partial charge < -0.3 is 15.5 Å². The molecule has 4 nitrogen and oxygen atoms in total. The van der Waals surface area contributed by atoms with E-state index in [-0.39, 0.29) is 17.8 Å². The smallest absolute Gasteiger partial charge is 0.220 e. The molecule has 1 amide bonds. The zero-order chi connectivity index (χ0) is 16.8. The molecule has 2 saturated heterocycles. The van der Waals surface area contributed by atoms with Crippen LogP contribution in [0, 0.1) is 11.7 Å². The van der Waals surface area contributed by atoms with E-state index in [0.717, 1.165) is 51.1 Å². The van der Waals surface area contributed by atoms with E-state index >= 15 is 0 Å². The molecule has 2 fully saturated rings. The van der Waals surface area contributed by atoms with Crippen LogP contribution in [0.2, 0.25) is 0 Å². The number of nitrogens with zero attached hydrogens (tertiary/aromatic N) is 1. The van der Waals surface area contributed by atoms with Crippen LogP contribution in [0.25, 0.3) is 0 Å². The lowest BCUT2D eigenvalue weighted by Gasteiger charge is -2.35. The topological polar surface area (TPSA) is 44.4 Å². The van der Waals surface area contributed by atoms with Crippen molar-refractivity contribution >= 4 is 11.6 Å². The summed E-state index contributed by atoms with van der Waals surface area (Å²) in [4.78, 5) is 14.4. The minimum Gasteiger partial charge on any atom is -0.369 e. The van der Waals surface area contributed by atoms with E-state index < -0.39 is 0 Å². The average molecular weight is 333 g/mol. The minimum atomic E-state index is -0.208. The van der Waals surface area contributed by atoms with Gasteiger partial charge in [0.05, 0.1) is 0 Å². The van der Waals surface area contributed by atoms with E-state index in [2.05, 4.69) is 15.5 Å². The summed E-state index contributed by atoms with van der Waals surface area (Å²) < 4.78 is 13.4. The summed E-state index contributed by atoms with van der Waals surface area (Å²) in [6, 6.07) is 6.88. The molecule has 1 aromatic rings. The lowest BCUT2D eigenvalue weighted by Crippen LogP contribution is -2.47. The first-order chi connectivity index (χ1) is 11.7. The molecule has 24 heavy (non-hydrogen) atoms. The van der Waals surface area contributed by atoms with E-state index in [9.17, 15) is 9.18 Å². The third-order valence-corrected chi connectivity index (χ3v) is 5.20. The molecule has 0 saturated carbocycles. The number of benzene rings is 1. The summed E-state index contributed by atoms with van der Waals surface area (Å²) in [7, 11) is 0. The Morgan fingerprint density at radius 2 is 2.12 bits per heavy atom. The van der Waals surface area contributed by atoms with Crippen LogP contribution in [-0.2, 0) is 4.79 Å². The number of hydrogen-bond donors (Lipinski definition) is 2. The molecule has 0 radical (unpaired) electrons. The third kappa shape index (κ3) is 4.94. The Balaban J connectivity index is 1.45. The summed E-state index contributed by atoms with van der Waals surface area (Å²) in [5.74, 6) is 0.646. The van der Waals surface area contributed by atoms with Gasteiger partial charge in [0.15, 0.2) is 0 Å². The highest BCUT2D eigenvalue weighted by Gasteiger charge is 2.22. The third-order valence-electron chi connectivity index (χ3n) is 5.20. The summed E-state index contributed by atoms with van der Waals surface area (Å²) in [6.07, 6.45) is 6.02. The van der Waals surface area contributed by atoms with E-state index in [1.165, 1.54) is 18.9 Å². The number of carbonyl (C=O) groups is 1. The van der Waals surface area contributed by atoms with E-state index in [1.54, 1.807) is 12.1 Å². The zero-order valence-corrected chi connectivity index (χ0v) is 14.3. The minimum absolute atomic E-state index is 0.166. The van der Waals surface area contributed by atoms with Crippen LogP contribution in [0.1, 0.15) is 38.5 Å². The zero-order valence-electron chi connectivity index (χ0n) is 14.3. The van der Waals surface area contributed by atoms with Crippen molar-refractivity contribution in [1.29, 1.82) is 0 Å². The molecule has 1 aromatic carbocycles. The van der Waals surface area contributed by atoms with E-state index in [4.69, 9.17) is 0 Å². The molecular weight excluding hydrogens is 305 g/mol. The molecule has 0 spiro atoms. The van der Waals surface area contributed by atoms with Gasteiger partial charge >= 0.3 is 0 Å². The van der Waals surface area contributed by atoms with Crippen LogP contribution >= 0.6 is 0 Å². The first-order valence-electron chi connectivity index (χ1n) is 9.21. The highest BCUT2D eigenvalue weighted by molar-refractivity contribution is 5.76. The first-order valence-corrected chi connectivity index (χ1v) is 9.21. The van der Waals surface area contributed by atoms with Gasteiger partial charge in [-0.1, -0.05) is 6.07 Å². The van der Waals surface area contributed by atoms with Crippen molar-refractivity contribution in [2.45, 2.75) is 44.6 Å². The molecule has 1 unspecified atom stereocenters. The summed E-state index contributed by atoms with van der Waals surface area (Å²) in [6.45, 7) is 3.85. The first kappa shape index (κ1) is 17.2. The van der Waals surface area contributed by atoms with Crippen molar-refractivity contribution in [3.8, 4) is 0 Å². The summed E-state index contributed by atoms with van der Waals surface area (Å²) >= 11 is 0. The highest BCUT2D eigenvalue weighted by atomic mass is 19.1. The molecule has 0 bridgehead atoms. The maximum atomic E-state index is 13.4. The molecule has 3 rings (SSSR count). The monoisotopic (exact) mass is 333 g/mol. The number of carbonyl (C=O) groups excluding carboxylic acids is 1. The molecule has 2 N–H and O–H groups in total. The Morgan fingerprint density at radius 3 is 2.92 bits per heavy atom. The second-order valence-corrected chi connectivity index (χ2v) is 7.06. The van der Waals surface area contributed by atoms with Crippen molar-refractivity contribution in [2.75, 3.05) is 31.1 Å². The molecule has 0 aliphatic carbocycles. The predicted octanol–water partition coefficient (Wildman–Crippen LogP) is 2.69. The Bertz CT molecular complexity index is 545. The largest absolute Gasteiger partial charge is 0.369 e. The fraction of sp³-hybridized carbons (Fsp3) is 0.632. The fourth-order valence-corrected chi connectivity index (χ4v) is 3.81. The van der Waals surface area contributed by atoms with Crippen LogP contribution in [0.15, 0.2) is 24.3 Å². The van der Waals surface area contributed by atoms with Gasteiger partial charge in [-0.15, -0.1) is 0 Å². The standard InChI is InChI=1S/C19H28FN3O/c20-16-3-1-5-18(13-16)23-12-2-4-17(14-23)22-19(24)7-6-15-8-10-21-11-9-15/h1,3,5,13,15,17,21H,2,4,6-12,14H2,(H,22,24). The molecule has 2 aliphatic heterocycles. The van der Waals surface area contributed by atoms with Gasteiger partial charge in [-0.3, -0.25) is 4.79 Å². The van der Waals surface area contributed by atoms with Crippen molar-refractivity contribution in [2.24, 2.45) is 5.92 Å². The molecule has 132 valence electrons. The Labute approximate surface area is 143 Å². The Morgan fingerprint density at radius 1 is 1.29 bits per heavy atom. The van der Waals surface area contributed by atoms with Crippen molar-refractivity contribution in [3.05, 3.63) is 30.1 Å². The fourth-order valence-electron chi connectivity index (χ4n) is 3.81. The van der Waals surface area contributed by atoms with Crippen molar-refractivity contribution in [3.63, 3.8) is 0 Å². The van der Waals surface area contributed by atoms with Gasteiger partial charge in [-0.05, 0) is 69.3 Å². The molecule has 0 aromatic heterocycles. The number of halogens is 1. The summed E-state index contributed by atoms with van der Waals surface area (Å²) in [5.41, 5.74) is 0.906. The SMILES string of the molecule is O=C(CCC1CCNCC1)NC1CCCN(c2cccc(F)c2)C1. The maximum absolute atomic E-state index is 13.4. The van der Waals surface area contributed by atoms with Gasteiger partial charge in [0.2, 0.25) is 5.91 Å². The molecule has 1 atom stereocenters. The maximum Gasteiger partial charge on any atom is 0.220 e. The quantitative estimate of drug-likeness (QED) is 0.871. The number of nitrogens with one attached hydrogen (secondary N) is 2. The van der Waals surface area contributed by atoms with Gasteiger partial charge in [0, 0.05) is 31.2 Å². The average Bonchev–Trinajstić information content (AvgIpc) is 2.61. The summed E-state index contributed by atoms with van der Waals surface area (Å²) in [5, 5.41) is 6.54. The number of rotatable bonds is 5. The molecule has 2 aliphatic rings. The van der Waals surface area contributed by atoms with E-state index in [0.29, 0.717) is 12.3 Å². The molecular formula is C19H28FN3O. The van der Waals surface area contributed by atoms with Crippen molar-refractivity contribution in [1.82, 2.24) is 10.6 Å². The van der Waals surface area contributed by atoms with E-state index in [1.807, 2.05) is 6.07 Å². The van der Waals surface area contributed by atoms with Gasteiger partial charge in [-0.2, -0.15) is 0 Å². The number of piperidine rings is 2. The van der Waals surface area contributed by atoms with Gasteiger partial charge in [-0.25, -0.2) is 4.39 Å². The number of hydrogen-bond acceptors (Lipinski definition) is 3. The van der Waals surface area contributed by atoms with Crippen LogP contribution < -0.4 is 15.5 Å². The second-order valence-electron chi connectivity index (χ2n) is 7.06. The second kappa shape index (κ2) is 8.47. The number of amides is 1. The molecule has 2 heterocycles. The van der Waals surface area contributed by atoms with Gasteiger partial charge in [0.1, 0.15) is 5.82 Å². The van der Waals surface area contributed by atoms with Gasteiger partial charge in [0.25, 0.3) is 0 Å². The van der Waals surface area contributed by atoms with Crippen molar-refractivity contribution < 1.29 is 9.18 Å². The van der Waals surface area contributed by atoms with Crippen LogP contribution in [-0.4, -0.2) is 38.1 Å². The molecule has 5 heteroatoms. The highest BCUT2D eigenvalue weighted by Crippen LogP contribution is 2.21. The van der Waals surface area contributed by atoms with Crippen LogP contribution in [0.4, 0.5) is 10.1 Å². The van der Waals surface area contributed by atoms with Crippen LogP contribution in [0.3, 0.4) is 0 Å². The normalized spacial score (nSPS) is 22.4. The Kier molecular flexibility index (Phi) is 6.07. The lowest BCUT2D eigenvalue weighted by atomic mass is 9.93. The Hall–Kier alpha value is -1.62.